The highest BCUT2D eigenvalue weighted by molar-refractivity contribution is 8.00. The summed E-state index contributed by atoms with van der Waals surface area (Å²) in [5, 5.41) is 3.82. The van der Waals surface area contributed by atoms with Crippen LogP contribution < -0.4 is 10.1 Å². The van der Waals surface area contributed by atoms with E-state index < -0.39 is 0 Å². The Labute approximate surface area is 171 Å². The number of hydrogen-bond acceptors (Lipinski definition) is 3. The molecule has 0 spiro atoms. The molecule has 0 bridgehead atoms. The van der Waals surface area contributed by atoms with Crippen molar-refractivity contribution >= 4 is 29.3 Å². The van der Waals surface area contributed by atoms with Gasteiger partial charge in [-0.25, -0.2) is 0 Å². The molecule has 2 aromatic carbocycles. The molecule has 3 nitrogen and oxygen atoms in total. The number of benzene rings is 2. The molecule has 27 heavy (non-hydrogen) atoms. The summed E-state index contributed by atoms with van der Waals surface area (Å²) in [4.78, 5) is 14.0. The molecule has 0 aromatic heterocycles. The molecule has 0 saturated carbocycles. The molecule has 2 atom stereocenters. The predicted octanol–water partition coefficient (Wildman–Crippen LogP) is 6.12. The maximum Gasteiger partial charge on any atom is 0.233 e. The predicted molar refractivity (Wildman–Crippen MR) is 115 cm³/mol. The molecule has 5 heteroatoms. The molecule has 0 aliphatic heterocycles. The Morgan fingerprint density at radius 2 is 1.74 bits per heavy atom. The third-order valence-electron chi connectivity index (χ3n) is 4.30. The Kier molecular flexibility index (Phi) is 8.52. The van der Waals surface area contributed by atoms with E-state index in [4.69, 9.17) is 16.3 Å². The summed E-state index contributed by atoms with van der Waals surface area (Å²) in [6.45, 7) is 6.38. The monoisotopic (exact) mass is 405 g/mol. The van der Waals surface area contributed by atoms with Crippen LogP contribution in [0.5, 0.6) is 5.75 Å². The molecule has 0 fully saturated rings. The standard InChI is InChI=1S/C22H28ClNO2S/c1-5-21(27-19-12-8-17(23)9-13-19)22(25)24-20(14-15(2)3)16-6-10-18(26-4)11-7-16/h6-13,15,20-21H,5,14H2,1-4H3,(H,24,25)/t20-,21+/m0/s1. The van der Waals surface area contributed by atoms with E-state index >= 15 is 0 Å². The van der Waals surface area contributed by atoms with Crippen LogP contribution in [0.15, 0.2) is 53.4 Å². The van der Waals surface area contributed by atoms with Gasteiger partial charge in [0, 0.05) is 9.92 Å². The van der Waals surface area contributed by atoms with Gasteiger partial charge in [-0.05, 0) is 60.7 Å². The Hall–Kier alpha value is -1.65. The zero-order chi connectivity index (χ0) is 19.8. The lowest BCUT2D eigenvalue weighted by Gasteiger charge is -2.24. The minimum absolute atomic E-state index is 0.0109. The van der Waals surface area contributed by atoms with Crippen LogP contribution in [0.2, 0.25) is 5.02 Å². The van der Waals surface area contributed by atoms with Crippen molar-refractivity contribution in [3.05, 3.63) is 59.1 Å². The Bertz CT molecular complexity index is 716. The van der Waals surface area contributed by atoms with Crippen LogP contribution >= 0.6 is 23.4 Å². The van der Waals surface area contributed by atoms with Gasteiger partial charge in [-0.1, -0.05) is 44.5 Å². The number of thioether (sulfide) groups is 1. The van der Waals surface area contributed by atoms with Gasteiger partial charge in [0.15, 0.2) is 0 Å². The summed E-state index contributed by atoms with van der Waals surface area (Å²) in [7, 11) is 1.65. The average molecular weight is 406 g/mol. The lowest BCUT2D eigenvalue weighted by molar-refractivity contribution is -0.121. The molecule has 0 heterocycles. The van der Waals surface area contributed by atoms with Crippen molar-refractivity contribution in [2.24, 2.45) is 5.92 Å². The maximum absolute atomic E-state index is 13.0. The molecule has 0 saturated heterocycles. The SMILES string of the molecule is CC[C@@H](Sc1ccc(Cl)cc1)C(=O)N[C@@H](CC(C)C)c1ccc(OC)cc1. The van der Waals surface area contributed by atoms with Gasteiger partial charge < -0.3 is 10.1 Å². The average Bonchev–Trinajstić information content (AvgIpc) is 2.66. The lowest BCUT2D eigenvalue weighted by Crippen LogP contribution is -2.36. The second-order valence-electron chi connectivity index (χ2n) is 6.93. The summed E-state index contributed by atoms with van der Waals surface area (Å²) < 4.78 is 5.24. The molecule has 0 aliphatic rings. The van der Waals surface area contributed by atoms with Crippen LogP contribution in [-0.2, 0) is 4.79 Å². The number of ether oxygens (including phenoxy) is 1. The van der Waals surface area contributed by atoms with Crippen molar-refractivity contribution in [3.63, 3.8) is 0 Å². The minimum atomic E-state index is -0.140. The van der Waals surface area contributed by atoms with Crippen LogP contribution in [0.3, 0.4) is 0 Å². The van der Waals surface area contributed by atoms with E-state index in [1.54, 1.807) is 18.9 Å². The van der Waals surface area contributed by atoms with Crippen molar-refractivity contribution in [2.45, 2.75) is 49.8 Å². The van der Waals surface area contributed by atoms with E-state index in [0.29, 0.717) is 10.9 Å². The van der Waals surface area contributed by atoms with Gasteiger partial charge in [-0.15, -0.1) is 11.8 Å². The fraction of sp³-hybridized carbons (Fsp3) is 0.409. The van der Waals surface area contributed by atoms with E-state index in [9.17, 15) is 4.79 Å². The number of rotatable bonds is 9. The van der Waals surface area contributed by atoms with Crippen LogP contribution in [0.4, 0.5) is 0 Å². The maximum atomic E-state index is 13.0. The van der Waals surface area contributed by atoms with Gasteiger partial charge in [0.25, 0.3) is 0 Å². The van der Waals surface area contributed by atoms with Crippen molar-refractivity contribution in [1.29, 1.82) is 0 Å². The lowest BCUT2D eigenvalue weighted by atomic mass is 9.96. The second kappa shape index (κ2) is 10.6. The van der Waals surface area contributed by atoms with Crippen molar-refractivity contribution in [3.8, 4) is 5.75 Å². The third kappa shape index (κ3) is 6.78. The molecule has 0 unspecified atom stereocenters. The van der Waals surface area contributed by atoms with Crippen LogP contribution in [0.1, 0.15) is 45.2 Å². The van der Waals surface area contributed by atoms with E-state index in [1.807, 2.05) is 55.5 Å². The summed E-state index contributed by atoms with van der Waals surface area (Å²) in [5.74, 6) is 1.36. The number of methoxy groups -OCH3 is 1. The molecule has 1 amide bonds. The Balaban J connectivity index is 2.10. The van der Waals surface area contributed by atoms with Gasteiger partial charge in [0.2, 0.25) is 5.91 Å². The van der Waals surface area contributed by atoms with Gasteiger partial charge in [-0.2, -0.15) is 0 Å². The largest absolute Gasteiger partial charge is 0.497 e. The summed E-state index contributed by atoms with van der Waals surface area (Å²) in [6, 6.07) is 15.5. The van der Waals surface area contributed by atoms with Crippen LogP contribution in [-0.4, -0.2) is 18.3 Å². The molecule has 0 radical (unpaired) electrons. The highest BCUT2D eigenvalue weighted by Gasteiger charge is 2.23. The first-order valence-electron chi connectivity index (χ1n) is 9.29. The van der Waals surface area contributed by atoms with E-state index in [0.717, 1.165) is 29.1 Å². The second-order valence-corrected chi connectivity index (χ2v) is 8.65. The van der Waals surface area contributed by atoms with Crippen molar-refractivity contribution in [2.75, 3.05) is 7.11 Å². The molecule has 1 N–H and O–H groups in total. The first kappa shape index (κ1) is 21.6. The van der Waals surface area contributed by atoms with Crippen LogP contribution in [0, 0.1) is 5.92 Å². The minimum Gasteiger partial charge on any atom is -0.497 e. The van der Waals surface area contributed by atoms with Crippen molar-refractivity contribution < 1.29 is 9.53 Å². The van der Waals surface area contributed by atoms with Gasteiger partial charge >= 0.3 is 0 Å². The first-order chi connectivity index (χ1) is 12.9. The Morgan fingerprint density at radius 1 is 1.11 bits per heavy atom. The molecule has 146 valence electrons. The van der Waals surface area contributed by atoms with Crippen molar-refractivity contribution in [1.82, 2.24) is 5.32 Å². The zero-order valence-corrected chi connectivity index (χ0v) is 17.9. The van der Waals surface area contributed by atoms with E-state index in [1.165, 1.54) is 0 Å². The summed E-state index contributed by atoms with van der Waals surface area (Å²) in [6.07, 6.45) is 1.65. The zero-order valence-electron chi connectivity index (χ0n) is 16.4. The van der Waals surface area contributed by atoms with Gasteiger partial charge in [0.1, 0.15) is 5.75 Å². The number of amides is 1. The molecular formula is C22H28ClNO2S. The molecule has 2 rings (SSSR count). The summed E-state index contributed by atoms with van der Waals surface area (Å²) >= 11 is 7.53. The number of carbonyl (C=O) groups excluding carboxylic acids is 1. The number of hydrogen-bond donors (Lipinski definition) is 1. The number of nitrogens with one attached hydrogen (secondary N) is 1. The first-order valence-corrected chi connectivity index (χ1v) is 10.5. The summed E-state index contributed by atoms with van der Waals surface area (Å²) in [5.41, 5.74) is 1.10. The molecule has 0 aliphatic carbocycles. The smallest absolute Gasteiger partial charge is 0.233 e. The molecular weight excluding hydrogens is 378 g/mol. The van der Waals surface area contributed by atoms with E-state index in [2.05, 4.69) is 19.2 Å². The fourth-order valence-corrected chi connectivity index (χ4v) is 3.94. The van der Waals surface area contributed by atoms with E-state index in [-0.39, 0.29) is 17.2 Å². The van der Waals surface area contributed by atoms with Crippen LogP contribution in [0.25, 0.3) is 0 Å². The Morgan fingerprint density at radius 3 is 2.26 bits per heavy atom. The fourth-order valence-electron chi connectivity index (χ4n) is 2.85. The highest BCUT2D eigenvalue weighted by Crippen LogP contribution is 2.29. The topological polar surface area (TPSA) is 38.3 Å². The van der Waals surface area contributed by atoms with Gasteiger partial charge in [0.05, 0.1) is 18.4 Å². The quantitative estimate of drug-likeness (QED) is 0.510. The van der Waals surface area contributed by atoms with Gasteiger partial charge in [-0.3, -0.25) is 4.79 Å². The third-order valence-corrected chi connectivity index (χ3v) is 5.93. The molecule has 2 aromatic rings. The number of halogens is 1. The number of carbonyl (C=O) groups is 1. The normalized spacial score (nSPS) is 13.3. The highest BCUT2D eigenvalue weighted by atomic mass is 35.5.